The molecule has 1 amide bonds. The number of benzene rings is 1. The molecule has 4 heteroatoms. The number of carbonyl (C=O) groups is 2. The lowest BCUT2D eigenvalue weighted by Crippen LogP contribution is -2.47. The zero-order valence-electron chi connectivity index (χ0n) is 11.1. The van der Waals surface area contributed by atoms with Crippen molar-refractivity contribution in [1.29, 1.82) is 0 Å². The first-order valence-electron chi connectivity index (χ1n) is 6.80. The Labute approximate surface area is 112 Å². The monoisotopic (exact) mass is 258 g/mol. The molecule has 100 valence electrons. The predicted molar refractivity (Wildman–Crippen MR) is 72.3 cm³/mol. The van der Waals surface area contributed by atoms with Gasteiger partial charge < -0.3 is 10.2 Å². The lowest BCUT2D eigenvalue weighted by molar-refractivity contribution is -0.133. The molecule has 1 saturated heterocycles. The number of piperazine rings is 1. The Morgan fingerprint density at radius 2 is 2.05 bits per heavy atom. The lowest BCUT2D eigenvalue weighted by Gasteiger charge is -2.30. The van der Waals surface area contributed by atoms with Gasteiger partial charge in [-0.25, -0.2) is 0 Å². The van der Waals surface area contributed by atoms with E-state index in [1.54, 1.807) is 0 Å². The highest BCUT2D eigenvalue weighted by Gasteiger charge is 2.37. The molecular formula is C15H18N2O2. The zero-order valence-corrected chi connectivity index (χ0v) is 11.1. The van der Waals surface area contributed by atoms with Crippen LogP contribution in [-0.4, -0.2) is 42.8 Å². The standard InChI is InChI=1S/C15H18N2O2/c1-10-3-2-4-11-13(18)9-12(14(10)11)15(19)17-7-5-16-6-8-17/h2-4,12,16H,5-9H2,1H3. The second-order valence-corrected chi connectivity index (χ2v) is 5.29. The van der Waals surface area contributed by atoms with Crippen LogP contribution in [0.3, 0.4) is 0 Å². The van der Waals surface area contributed by atoms with Gasteiger partial charge in [-0.05, 0) is 18.1 Å². The Bertz CT molecular complexity index is 533. The fraction of sp³-hybridized carbons (Fsp3) is 0.467. The van der Waals surface area contributed by atoms with E-state index in [1.165, 1.54) is 0 Å². The third-order valence-corrected chi connectivity index (χ3v) is 4.09. The highest BCUT2D eigenvalue weighted by molar-refractivity contribution is 6.07. The number of aryl methyl sites for hydroxylation is 1. The van der Waals surface area contributed by atoms with Gasteiger partial charge in [0.25, 0.3) is 0 Å². The molecule has 3 rings (SSSR count). The molecule has 1 aliphatic carbocycles. The van der Waals surface area contributed by atoms with Crippen LogP contribution in [-0.2, 0) is 4.79 Å². The number of nitrogens with zero attached hydrogens (tertiary/aromatic N) is 1. The number of amides is 1. The summed E-state index contributed by atoms with van der Waals surface area (Å²) in [7, 11) is 0. The van der Waals surface area contributed by atoms with Crippen molar-refractivity contribution in [2.75, 3.05) is 26.2 Å². The highest BCUT2D eigenvalue weighted by Crippen LogP contribution is 2.36. The topological polar surface area (TPSA) is 49.4 Å². The van der Waals surface area contributed by atoms with E-state index in [0.717, 1.165) is 42.9 Å². The maximum atomic E-state index is 12.6. The fourth-order valence-electron chi connectivity index (χ4n) is 3.10. The molecule has 1 aliphatic heterocycles. The minimum absolute atomic E-state index is 0.104. The number of nitrogens with one attached hydrogen (secondary N) is 1. The minimum Gasteiger partial charge on any atom is -0.340 e. The smallest absolute Gasteiger partial charge is 0.230 e. The van der Waals surface area contributed by atoms with Crippen LogP contribution >= 0.6 is 0 Å². The molecule has 2 aliphatic rings. The molecule has 0 radical (unpaired) electrons. The predicted octanol–water partition coefficient (Wildman–Crippen LogP) is 1.10. The van der Waals surface area contributed by atoms with Gasteiger partial charge in [-0.15, -0.1) is 0 Å². The highest BCUT2D eigenvalue weighted by atomic mass is 16.2. The van der Waals surface area contributed by atoms with Crippen LogP contribution in [0, 0.1) is 6.92 Å². The molecule has 4 nitrogen and oxygen atoms in total. The molecule has 0 spiro atoms. The zero-order chi connectivity index (χ0) is 13.4. The molecular weight excluding hydrogens is 240 g/mol. The first kappa shape index (κ1) is 12.4. The Morgan fingerprint density at radius 1 is 1.32 bits per heavy atom. The maximum Gasteiger partial charge on any atom is 0.230 e. The van der Waals surface area contributed by atoms with E-state index in [-0.39, 0.29) is 17.6 Å². The molecule has 1 aromatic rings. The average Bonchev–Trinajstić information content (AvgIpc) is 2.78. The summed E-state index contributed by atoms with van der Waals surface area (Å²) in [5.74, 6) is -0.0446. The lowest BCUT2D eigenvalue weighted by atomic mass is 9.95. The van der Waals surface area contributed by atoms with Crippen molar-refractivity contribution in [3.05, 3.63) is 34.9 Å². The van der Waals surface area contributed by atoms with Gasteiger partial charge in [-0.3, -0.25) is 9.59 Å². The van der Waals surface area contributed by atoms with Crippen molar-refractivity contribution in [3.8, 4) is 0 Å². The Morgan fingerprint density at radius 3 is 2.79 bits per heavy atom. The molecule has 19 heavy (non-hydrogen) atoms. The number of fused-ring (bicyclic) bond motifs is 1. The second kappa shape index (κ2) is 4.78. The van der Waals surface area contributed by atoms with E-state index in [1.807, 2.05) is 30.0 Å². The summed E-state index contributed by atoms with van der Waals surface area (Å²) in [6.45, 7) is 5.14. The van der Waals surface area contributed by atoms with Gasteiger partial charge in [0.2, 0.25) is 5.91 Å². The van der Waals surface area contributed by atoms with E-state index >= 15 is 0 Å². The number of hydrogen-bond acceptors (Lipinski definition) is 3. The Balaban J connectivity index is 1.91. The van der Waals surface area contributed by atoms with Crippen molar-refractivity contribution >= 4 is 11.7 Å². The summed E-state index contributed by atoms with van der Waals surface area (Å²) < 4.78 is 0. The van der Waals surface area contributed by atoms with E-state index in [0.29, 0.717) is 6.42 Å². The van der Waals surface area contributed by atoms with E-state index in [2.05, 4.69) is 5.32 Å². The van der Waals surface area contributed by atoms with Crippen molar-refractivity contribution in [3.63, 3.8) is 0 Å². The van der Waals surface area contributed by atoms with E-state index in [9.17, 15) is 9.59 Å². The summed E-state index contributed by atoms with van der Waals surface area (Å²) in [5, 5.41) is 3.24. The molecule has 0 saturated carbocycles. The van der Waals surface area contributed by atoms with Crippen molar-refractivity contribution in [1.82, 2.24) is 10.2 Å². The van der Waals surface area contributed by atoms with Gasteiger partial charge >= 0.3 is 0 Å². The number of ketones is 1. The molecule has 0 aromatic heterocycles. The first-order valence-corrected chi connectivity index (χ1v) is 6.80. The third-order valence-electron chi connectivity index (χ3n) is 4.09. The number of carbonyl (C=O) groups excluding carboxylic acids is 2. The fourth-order valence-corrected chi connectivity index (χ4v) is 3.10. The third kappa shape index (κ3) is 2.06. The number of hydrogen-bond donors (Lipinski definition) is 1. The van der Waals surface area contributed by atoms with Gasteiger partial charge in [0, 0.05) is 38.2 Å². The maximum absolute atomic E-state index is 12.6. The number of Topliss-reactive ketones (excluding diaryl/α,β-unsaturated/α-hetero) is 1. The molecule has 0 bridgehead atoms. The van der Waals surface area contributed by atoms with Crippen LogP contribution in [0.2, 0.25) is 0 Å². The van der Waals surface area contributed by atoms with Gasteiger partial charge in [0.15, 0.2) is 5.78 Å². The van der Waals surface area contributed by atoms with Crippen LogP contribution in [0.5, 0.6) is 0 Å². The van der Waals surface area contributed by atoms with Gasteiger partial charge in [-0.1, -0.05) is 18.2 Å². The average molecular weight is 258 g/mol. The van der Waals surface area contributed by atoms with Crippen LogP contribution in [0.4, 0.5) is 0 Å². The van der Waals surface area contributed by atoms with Crippen molar-refractivity contribution in [2.45, 2.75) is 19.3 Å². The van der Waals surface area contributed by atoms with Crippen LogP contribution in [0.15, 0.2) is 18.2 Å². The molecule has 1 unspecified atom stereocenters. The Kier molecular flexibility index (Phi) is 3.11. The SMILES string of the molecule is Cc1cccc2c1C(C(=O)N1CCNCC1)CC2=O. The van der Waals surface area contributed by atoms with Crippen molar-refractivity contribution < 1.29 is 9.59 Å². The van der Waals surface area contributed by atoms with E-state index < -0.39 is 0 Å². The number of rotatable bonds is 1. The quantitative estimate of drug-likeness (QED) is 0.820. The summed E-state index contributed by atoms with van der Waals surface area (Å²) in [6.07, 6.45) is 0.336. The second-order valence-electron chi connectivity index (χ2n) is 5.29. The van der Waals surface area contributed by atoms with Gasteiger partial charge in [-0.2, -0.15) is 0 Å². The molecule has 1 heterocycles. The Hall–Kier alpha value is -1.68. The summed E-state index contributed by atoms with van der Waals surface area (Å²) in [4.78, 5) is 26.5. The largest absolute Gasteiger partial charge is 0.340 e. The molecule has 1 N–H and O–H groups in total. The molecule has 1 fully saturated rings. The molecule has 1 atom stereocenters. The van der Waals surface area contributed by atoms with Crippen LogP contribution in [0.25, 0.3) is 0 Å². The van der Waals surface area contributed by atoms with Crippen molar-refractivity contribution in [2.24, 2.45) is 0 Å². The minimum atomic E-state index is -0.262. The van der Waals surface area contributed by atoms with Crippen LogP contribution in [0.1, 0.15) is 33.8 Å². The van der Waals surface area contributed by atoms with Gasteiger partial charge in [0.05, 0.1) is 5.92 Å². The summed E-state index contributed by atoms with van der Waals surface area (Å²) in [6, 6.07) is 5.72. The van der Waals surface area contributed by atoms with E-state index in [4.69, 9.17) is 0 Å². The van der Waals surface area contributed by atoms with Gasteiger partial charge in [0.1, 0.15) is 0 Å². The van der Waals surface area contributed by atoms with Crippen LogP contribution < -0.4 is 5.32 Å². The summed E-state index contributed by atoms with van der Waals surface area (Å²) >= 11 is 0. The summed E-state index contributed by atoms with van der Waals surface area (Å²) in [5.41, 5.74) is 2.75. The molecule has 1 aromatic carbocycles. The first-order chi connectivity index (χ1) is 9.18. The normalized spacial score (nSPS) is 22.5.